The van der Waals surface area contributed by atoms with E-state index in [1.54, 1.807) is 0 Å². The van der Waals surface area contributed by atoms with Crippen molar-refractivity contribution in [2.24, 2.45) is 0 Å². The Balaban J connectivity index is 1.72. The van der Waals surface area contributed by atoms with Crippen LogP contribution in [0, 0.1) is 0 Å². The molecule has 3 rings (SSSR count). The molecule has 0 amide bonds. The molecule has 106 valence electrons. The third-order valence-electron chi connectivity index (χ3n) is 4.33. The van der Waals surface area contributed by atoms with Crippen molar-refractivity contribution >= 4 is 17.0 Å². The lowest BCUT2D eigenvalue weighted by Gasteiger charge is -2.32. The molecule has 1 aliphatic heterocycles. The first-order valence-electron chi connectivity index (χ1n) is 7.32. The lowest BCUT2D eigenvalue weighted by Crippen LogP contribution is -2.30. The number of hydrogen-bond acceptors (Lipinski definition) is 3. The molecule has 2 unspecified atom stereocenters. The van der Waals surface area contributed by atoms with Crippen LogP contribution in [0.25, 0.3) is 0 Å². The predicted molar refractivity (Wildman–Crippen MR) is 87.7 cm³/mol. The first-order valence-corrected chi connectivity index (χ1v) is 8.20. The summed E-state index contributed by atoms with van der Waals surface area (Å²) in [7, 11) is 2.25. The highest BCUT2D eigenvalue weighted by Crippen LogP contribution is 2.33. The molecule has 2 nitrogen and oxygen atoms in total. The van der Waals surface area contributed by atoms with E-state index in [2.05, 4.69) is 66.0 Å². The van der Waals surface area contributed by atoms with Crippen molar-refractivity contribution in [1.82, 2.24) is 4.90 Å². The second-order valence-electron chi connectivity index (χ2n) is 5.63. The van der Waals surface area contributed by atoms with E-state index in [1.807, 2.05) is 11.3 Å². The van der Waals surface area contributed by atoms with Gasteiger partial charge in [-0.15, -0.1) is 11.3 Å². The van der Waals surface area contributed by atoms with Crippen molar-refractivity contribution in [2.45, 2.75) is 25.3 Å². The average molecular weight is 286 g/mol. The molecular formula is C17H22N2S. The summed E-state index contributed by atoms with van der Waals surface area (Å²) < 4.78 is 0. The van der Waals surface area contributed by atoms with E-state index >= 15 is 0 Å². The van der Waals surface area contributed by atoms with E-state index in [0.29, 0.717) is 12.0 Å². The Morgan fingerprint density at radius 3 is 2.95 bits per heavy atom. The highest BCUT2D eigenvalue weighted by Gasteiger charge is 2.23. The van der Waals surface area contributed by atoms with Gasteiger partial charge in [0.15, 0.2) is 0 Å². The molecule has 0 aliphatic carbocycles. The zero-order valence-corrected chi connectivity index (χ0v) is 13.0. The van der Waals surface area contributed by atoms with Gasteiger partial charge >= 0.3 is 0 Å². The number of thiophene rings is 1. The second kappa shape index (κ2) is 5.98. The Hall–Kier alpha value is -1.32. The molecule has 0 radical (unpaired) electrons. The van der Waals surface area contributed by atoms with E-state index in [0.717, 1.165) is 13.1 Å². The van der Waals surface area contributed by atoms with E-state index in [-0.39, 0.29) is 0 Å². The molecule has 0 saturated heterocycles. The Morgan fingerprint density at radius 2 is 2.15 bits per heavy atom. The monoisotopic (exact) mass is 286 g/mol. The molecule has 1 N–H and O–H groups in total. The number of nitrogens with zero attached hydrogens (tertiary/aromatic N) is 1. The summed E-state index contributed by atoms with van der Waals surface area (Å²) >= 11 is 1.85. The van der Waals surface area contributed by atoms with Crippen molar-refractivity contribution in [3.63, 3.8) is 0 Å². The van der Waals surface area contributed by atoms with Crippen LogP contribution in [0.4, 0.5) is 5.69 Å². The number of nitrogens with one attached hydrogen (secondary N) is 1. The van der Waals surface area contributed by atoms with Gasteiger partial charge in [0, 0.05) is 35.6 Å². The fourth-order valence-corrected chi connectivity index (χ4v) is 3.84. The van der Waals surface area contributed by atoms with Gasteiger partial charge in [0.25, 0.3) is 0 Å². The molecule has 20 heavy (non-hydrogen) atoms. The van der Waals surface area contributed by atoms with Crippen LogP contribution < -0.4 is 5.32 Å². The minimum Gasteiger partial charge on any atom is -0.385 e. The normalized spacial score (nSPS) is 19.4. The summed E-state index contributed by atoms with van der Waals surface area (Å²) in [5, 5.41) is 5.67. The van der Waals surface area contributed by atoms with Gasteiger partial charge in [0.2, 0.25) is 0 Å². The largest absolute Gasteiger partial charge is 0.385 e. The first-order chi connectivity index (χ1) is 9.75. The minimum atomic E-state index is 0.497. The summed E-state index contributed by atoms with van der Waals surface area (Å²) in [4.78, 5) is 3.94. The van der Waals surface area contributed by atoms with Crippen LogP contribution in [0.1, 0.15) is 35.7 Å². The molecule has 0 spiro atoms. The molecule has 0 bridgehead atoms. The first kappa shape index (κ1) is 13.7. The van der Waals surface area contributed by atoms with Crippen molar-refractivity contribution in [2.75, 3.05) is 25.5 Å². The number of benzene rings is 1. The highest BCUT2D eigenvalue weighted by molar-refractivity contribution is 7.10. The summed E-state index contributed by atoms with van der Waals surface area (Å²) in [5.41, 5.74) is 2.80. The van der Waals surface area contributed by atoms with Gasteiger partial charge in [-0.25, -0.2) is 0 Å². The Bertz CT molecular complexity index is 550. The molecular weight excluding hydrogens is 264 g/mol. The number of hydrogen-bond donors (Lipinski definition) is 1. The molecule has 2 aromatic rings. The van der Waals surface area contributed by atoms with Crippen LogP contribution in [-0.2, 0) is 0 Å². The van der Waals surface area contributed by atoms with E-state index in [9.17, 15) is 0 Å². The third-order valence-corrected chi connectivity index (χ3v) is 5.38. The van der Waals surface area contributed by atoms with Crippen molar-refractivity contribution in [3.05, 3.63) is 52.2 Å². The van der Waals surface area contributed by atoms with Crippen LogP contribution in [0.5, 0.6) is 0 Å². The lowest BCUT2D eigenvalue weighted by molar-refractivity contribution is 0.244. The van der Waals surface area contributed by atoms with Crippen LogP contribution >= 0.6 is 11.3 Å². The lowest BCUT2D eigenvalue weighted by atomic mass is 9.90. The molecule has 1 aliphatic rings. The number of anilines is 1. The maximum absolute atomic E-state index is 3.51. The number of likely N-dealkylation sites (N-methyl/N-ethyl adjacent to an activating group) is 1. The van der Waals surface area contributed by atoms with E-state index in [1.165, 1.54) is 22.5 Å². The van der Waals surface area contributed by atoms with Crippen molar-refractivity contribution in [3.8, 4) is 0 Å². The van der Waals surface area contributed by atoms with Crippen molar-refractivity contribution in [1.29, 1.82) is 0 Å². The molecule has 2 heterocycles. The van der Waals surface area contributed by atoms with Gasteiger partial charge in [-0.2, -0.15) is 0 Å². The van der Waals surface area contributed by atoms with E-state index in [4.69, 9.17) is 0 Å². The highest BCUT2D eigenvalue weighted by atomic mass is 32.1. The van der Waals surface area contributed by atoms with Crippen LogP contribution in [0.15, 0.2) is 41.8 Å². The van der Waals surface area contributed by atoms with Crippen molar-refractivity contribution < 1.29 is 0 Å². The second-order valence-corrected chi connectivity index (χ2v) is 6.61. The molecule has 0 fully saturated rings. The van der Waals surface area contributed by atoms with Gasteiger partial charge in [0.05, 0.1) is 0 Å². The summed E-state index contributed by atoms with van der Waals surface area (Å²) in [6.45, 7) is 4.51. The quantitative estimate of drug-likeness (QED) is 0.899. The summed E-state index contributed by atoms with van der Waals surface area (Å²) in [5.74, 6) is 0.639. The zero-order chi connectivity index (χ0) is 13.9. The van der Waals surface area contributed by atoms with Crippen LogP contribution in [0.3, 0.4) is 0 Å². The van der Waals surface area contributed by atoms with Gasteiger partial charge in [-0.05, 0) is 43.5 Å². The Kier molecular flexibility index (Phi) is 4.08. The Labute approximate surface area is 125 Å². The average Bonchev–Trinajstić information content (AvgIpc) is 3.01. The molecule has 3 heteroatoms. The minimum absolute atomic E-state index is 0.497. The fourth-order valence-electron chi connectivity index (χ4n) is 2.99. The van der Waals surface area contributed by atoms with Crippen LogP contribution in [-0.4, -0.2) is 25.0 Å². The maximum Gasteiger partial charge on any atom is 0.0410 e. The molecule has 0 saturated carbocycles. The standard InChI is InChI=1S/C17H22N2S/c1-13(17-8-5-11-20-17)19(2)12-14-9-10-18-16-7-4-3-6-15(14)16/h3-8,11,13-14,18H,9-10,12H2,1-2H3. The maximum atomic E-state index is 3.51. The predicted octanol–water partition coefficient (Wildman–Crippen LogP) is 4.34. The number of fused-ring (bicyclic) bond motifs is 1. The summed E-state index contributed by atoms with van der Waals surface area (Å²) in [6, 6.07) is 13.6. The summed E-state index contributed by atoms with van der Waals surface area (Å²) in [6.07, 6.45) is 1.22. The van der Waals surface area contributed by atoms with Gasteiger partial charge in [-0.1, -0.05) is 24.3 Å². The van der Waals surface area contributed by atoms with Gasteiger partial charge < -0.3 is 5.32 Å². The molecule has 1 aromatic carbocycles. The Morgan fingerprint density at radius 1 is 1.30 bits per heavy atom. The SMILES string of the molecule is CC(c1cccs1)N(C)CC1CCNc2ccccc21. The third kappa shape index (κ3) is 2.74. The molecule has 1 aromatic heterocycles. The van der Waals surface area contributed by atoms with E-state index < -0.39 is 0 Å². The van der Waals surface area contributed by atoms with Gasteiger partial charge in [-0.3, -0.25) is 4.90 Å². The van der Waals surface area contributed by atoms with Crippen LogP contribution in [0.2, 0.25) is 0 Å². The topological polar surface area (TPSA) is 15.3 Å². The smallest absolute Gasteiger partial charge is 0.0410 e. The number of rotatable bonds is 4. The zero-order valence-electron chi connectivity index (χ0n) is 12.2. The molecule has 2 atom stereocenters. The van der Waals surface area contributed by atoms with Gasteiger partial charge in [0.1, 0.15) is 0 Å². The number of para-hydroxylation sites is 1. The fraction of sp³-hybridized carbons (Fsp3) is 0.412.